The lowest BCUT2D eigenvalue weighted by molar-refractivity contribution is 0.316. The van der Waals surface area contributed by atoms with E-state index in [1.807, 2.05) is 24.4 Å². The summed E-state index contributed by atoms with van der Waals surface area (Å²) in [6.45, 7) is 3.96. The van der Waals surface area contributed by atoms with Crippen molar-refractivity contribution in [1.82, 2.24) is 14.9 Å². The molecule has 3 aromatic rings. The Morgan fingerprint density at radius 1 is 1.00 bits per heavy atom. The van der Waals surface area contributed by atoms with Crippen LogP contribution in [0.2, 0.25) is 0 Å². The summed E-state index contributed by atoms with van der Waals surface area (Å²) in [6, 6.07) is 14.8. The van der Waals surface area contributed by atoms with Gasteiger partial charge in [0.1, 0.15) is 5.01 Å². The molecular formula is C19H21N3S. The zero-order valence-electron chi connectivity index (χ0n) is 13.6. The third kappa shape index (κ3) is 4.24. The molecule has 4 heteroatoms. The van der Waals surface area contributed by atoms with Gasteiger partial charge in [-0.05, 0) is 36.7 Å². The number of rotatable bonds is 6. The summed E-state index contributed by atoms with van der Waals surface area (Å²) in [6.07, 6.45) is 2.90. The Morgan fingerprint density at radius 3 is 2.48 bits per heavy atom. The number of hydrogen-bond donors (Lipinski definition) is 0. The summed E-state index contributed by atoms with van der Waals surface area (Å²) in [4.78, 5) is 11.4. The van der Waals surface area contributed by atoms with E-state index in [0.717, 1.165) is 35.9 Å². The first-order chi connectivity index (χ1) is 11.2. The second kappa shape index (κ2) is 7.49. The molecule has 0 unspecified atom stereocenters. The first-order valence-electron chi connectivity index (χ1n) is 7.86. The smallest absolute Gasteiger partial charge is 0.142 e. The normalized spacial score (nSPS) is 11.1. The third-order valence-electron chi connectivity index (χ3n) is 3.75. The minimum atomic E-state index is 0.846. The molecule has 0 bridgehead atoms. The van der Waals surface area contributed by atoms with Crippen LogP contribution in [0.25, 0.3) is 10.7 Å². The molecule has 2 heterocycles. The Labute approximate surface area is 141 Å². The van der Waals surface area contributed by atoms with Gasteiger partial charge in [-0.2, -0.15) is 0 Å². The fourth-order valence-corrected chi connectivity index (χ4v) is 3.30. The lowest BCUT2D eigenvalue weighted by Crippen LogP contribution is -2.17. The van der Waals surface area contributed by atoms with Crippen molar-refractivity contribution in [3.05, 3.63) is 70.9 Å². The SMILES string of the molecule is CCc1ccc(CN(C)Cc2csc(-c3ccccn3)n2)cc1. The van der Waals surface area contributed by atoms with Crippen LogP contribution in [0.4, 0.5) is 0 Å². The molecule has 0 N–H and O–H groups in total. The molecule has 0 saturated carbocycles. The highest BCUT2D eigenvalue weighted by molar-refractivity contribution is 7.13. The van der Waals surface area contributed by atoms with Crippen LogP contribution >= 0.6 is 11.3 Å². The fourth-order valence-electron chi connectivity index (χ4n) is 2.51. The predicted octanol–water partition coefficient (Wildman–Crippen LogP) is 4.40. The van der Waals surface area contributed by atoms with Gasteiger partial charge in [-0.25, -0.2) is 4.98 Å². The maximum atomic E-state index is 4.70. The number of aromatic nitrogens is 2. The topological polar surface area (TPSA) is 29.0 Å². The Hall–Kier alpha value is -2.04. The number of aryl methyl sites for hydroxylation is 1. The molecule has 3 rings (SSSR count). The third-order valence-corrected chi connectivity index (χ3v) is 4.66. The number of hydrogen-bond acceptors (Lipinski definition) is 4. The van der Waals surface area contributed by atoms with Crippen LogP contribution in [-0.2, 0) is 19.5 Å². The lowest BCUT2D eigenvalue weighted by Gasteiger charge is -2.15. The van der Waals surface area contributed by atoms with Gasteiger partial charge in [-0.3, -0.25) is 9.88 Å². The summed E-state index contributed by atoms with van der Waals surface area (Å²) in [5, 5.41) is 3.11. The summed E-state index contributed by atoms with van der Waals surface area (Å²) in [5.41, 5.74) is 4.77. The molecule has 0 fully saturated rings. The number of thiazole rings is 1. The quantitative estimate of drug-likeness (QED) is 0.673. The molecule has 0 aliphatic carbocycles. The molecule has 3 nitrogen and oxygen atoms in total. The maximum absolute atomic E-state index is 4.70. The van der Waals surface area contributed by atoms with E-state index in [-0.39, 0.29) is 0 Å². The molecule has 0 amide bonds. The predicted molar refractivity (Wildman–Crippen MR) is 96.3 cm³/mol. The van der Waals surface area contributed by atoms with Gasteiger partial charge < -0.3 is 0 Å². The fraction of sp³-hybridized carbons (Fsp3) is 0.263. The zero-order valence-corrected chi connectivity index (χ0v) is 14.4. The number of pyridine rings is 1. The molecular weight excluding hydrogens is 302 g/mol. The second-order valence-electron chi connectivity index (χ2n) is 5.70. The van der Waals surface area contributed by atoms with Crippen LogP contribution in [0.15, 0.2) is 54.0 Å². The van der Waals surface area contributed by atoms with Crippen molar-refractivity contribution in [2.75, 3.05) is 7.05 Å². The van der Waals surface area contributed by atoms with E-state index < -0.39 is 0 Å². The van der Waals surface area contributed by atoms with Crippen molar-refractivity contribution in [3.8, 4) is 10.7 Å². The van der Waals surface area contributed by atoms with Gasteiger partial charge in [0, 0.05) is 24.7 Å². The Morgan fingerprint density at radius 2 is 1.78 bits per heavy atom. The van der Waals surface area contributed by atoms with Gasteiger partial charge in [0.05, 0.1) is 11.4 Å². The molecule has 0 aliphatic rings. The first kappa shape index (κ1) is 15.8. The van der Waals surface area contributed by atoms with Crippen LogP contribution in [0.3, 0.4) is 0 Å². The standard InChI is InChI=1S/C19H21N3S/c1-3-15-7-9-16(10-8-15)12-22(2)13-17-14-23-19(21-17)18-6-4-5-11-20-18/h4-11,14H,3,12-13H2,1-2H3. The summed E-state index contributed by atoms with van der Waals surface area (Å²) in [7, 11) is 2.13. The minimum Gasteiger partial charge on any atom is -0.296 e. The first-order valence-corrected chi connectivity index (χ1v) is 8.74. The van der Waals surface area contributed by atoms with Gasteiger partial charge in [0.2, 0.25) is 0 Å². The van der Waals surface area contributed by atoms with E-state index in [2.05, 4.69) is 53.5 Å². The molecule has 23 heavy (non-hydrogen) atoms. The average Bonchev–Trinajstić information content (AvgIpc) is 3.04. The van der Waals surface area contributed by atoms with Crippen molar-refractivity contribution in [2.45, 2.75) is 26.4 Å². The molecule has 0 saturated heterocycles. The van der Waals surface area contributed by atoms with Crippen molar-refractivity contribution in [2.24, 2.45) is 0 Å². The Bertz CT molecular complexity index is 735. The summed E-state index contributed by atoms with van der Waals surface area (Å²) < 4.78 is 0. The molecule has 118 valence electrons. The highest BCUT2D eigenvalue weighted by atomic mass is 32.1. The molecule has 0 spiro atoms. The number of benzene rings is 1. The minimum absolute atomic E-state index is 0.846. The van der Waals surface area contributed by atoms with E-state index in [9.17, 15) is 0 Å². The van der Waals surface area contributed by atoms with E-state index in [4.69, 9.17) is 4.98 Å². The van der Waals surface area contributed by atoms with Crippen molar-refractivity contribution >= 4 is 11.3 Å². The van der Waals surface area contributed by atoms with Crippen molar-refractivity contribution in [1.29, 1.82) is 0 Å². The second-order valence-corrected chi connectivity index (χ2v) is 6.56. The lowest BCUT2D eigenvalue weighted by atomic mass is 10.1. The highest BCUT2D eigenvalue weighted by Crippen LogP contribution is 2.22. The molecule has 0 aliphatic heterocycles. The Balaban J connectivity index is 1.61. The van der Waals surface area contributed by atoms with E-state index in [0.29, 0.717) is 0 Å². The zero-order chi connectivity index (χ0) is 16.1. The van der Waals surface area contributed by atoms with Crippen LogP contribution < -0.4 is 0 Å². The van der Waals surface area contributed by atoms with Crippen LogP contribution in [0, 0.1) is 0 Å². The van der Waals surface area contributed by atoms with Gasteiger partial charge >= 0.3 is 0 Å². The monoisotopic (exact) mass is 323 g/mol. The molecule has 0 radical (unpaired) electrons. The van der Waals surface area contributed by atoms with Crippen LogP contribution in [0.1, 0.15) is 23.7 Å². The Kier molecular flexibility index (Phi) is 5.16. The van der Waals surface area contributed by atoms with E-state index in [1.165, 1.54) is 11.1 Å². The van der Waals surface area contributed by atoms with Crippen molar-refractivity contribution < 1.29 is 0 Å². The molecule has 2 aromatic heterocycles. The van der Waals surface area contributed by atoms with Crippen LogP contribution in [-0.4, -0.2) is 21.9 Å². The maximum Gasteiger partial charge on any atom is 0.142 e. The molecule has 0 atom stereocenters. The average molecular weight is 323 g/mol. The summed E-state index contributed by atoms with van der Waals surface area (Å²) >= 11 is 1.66. The number of nitrogens with zero attached hydrogens (tertiary/aromatic N) is 3. The molecule has 1 aromatic carbocycles. The van der Waals surface area contributed by atoms with Gasteiger partial charge in [-0.15, -0.1) is 11.3 Å². The largest absolute Gasteiger partial charge is 0.296 e. The van der Waals surface area contributed by atoms with Gasteiger partial charge in [0.25, 0.3) is 0 Å². The van der Waals surface area contributed by atoms with Crippen molar-refractivity contribution in [3.63, 3.8) is 0 Å². The van der Waals surface area contributed by atoms with Crippen LogP contribution in [0.5, 0.6) is 0 Å². The van der Waals surface area contributed by atoms with Gasteiger partial charge in [-0.1, -0.05) is 37.3 Å². The van der Waals surface area contributed by atoms with E-state index >= 15 is 0 Å². The summed E-state index contributed by atoms with van der Waals surface area (Å²) in [5.74, 6) is 0. The van der Waals surface area contributed by atoms with E-state index in [1.54, 1.807) is 11.3 Å². The van der Waals surface area contributed by atoms with Gasteiger partial charge in [0.15, 0.2) is 0 Å². The highest BCUT2D eigenvalue weighted by Gasteiger charge is 2.08.